The number of ketones is 1. The third-order valence-electron chi connectivity index (χ3n) is 11.2. The topological polar surface area (TPSA) is 69.7 Å². The zero-order chi connectivity index (χ0) is 24.0. The smallest absolute Gasteiger partial charge is 0.320 e. The molecule has 0 aromatic rings. The molecule has 5 nitrogen and oxygen atoms in total. The summed E-state index contributed by atoms with van der Waals surface area (Å²) in [5.41, 5.74) is 0.599. The molecule has 4 fully saturated rings. The number of hydrogen-bond donors (Lipinski definition) is 0. The van der Waals surface area contributed by atoms with Gasteiger partial charge in [0.1, 0.15) is 5.78 Å². The maximum atomic E-state index is 12.4. The number of fused-ring (bicyclic) bond motifs is 5. The summed E-state index contributed by atoms with van der Waals surface area (Å²) in [4.78, 5) is 36.7. The molecule has 0 bridgehead atoms. The minimum Gasteiger partial charge on any atom is -0.468 e. The van der Waals surface area contributed by atoms with Crippen LogP contribution in [0.3, 0.4) is 0 Å². The summed E-state index contributed by atoms with van der Waals surface area (Å²) >= 11 is 0. The average molecular weight is 461 g/mol. The van der Waals surface area contributed by atoms with Crippen LogP contribution in [0, 0.1) is 52.3 Å². The molecule has 0 heterocycles. The summed E-state index contributed by atoms with van der Waals surface area (Å²) in [6.45, 7) is 7.34. The lowest BCUT2D eigenvalue weighted by atomic mass is 9.42. The largest absolute Gasteiger partial charge is 0.468 e. The summed E-state index contributed by atoms with van der Waals surface area (Å²) < 4.78 is 9.76. The highest BCUT2D eigenvalue weighted by atomic mass is 16.5. The minimum atomic E-state index is -0.808. The lowest BCUT2D eigenvalue weighted by Crippen LogP contribution is -2.56. The quantitative estimate of drug-likeness (QED) is 0.381. The van der Waals surface area contributed by atoms with Gasteiger partial charge in [0.25, 0.3) is 0 Å². The maximum Gasteiger partial charge on any atom is 0.320 e. The fraction of sp³-hybridized carbons (Fsp3) is 0.893. The normalized spacial score (nSPS) is 42.3. The van der Waals surface area contributed by atoms with Crippen molar-refractivity contribution in [3.05, 3.63) is 0 Å². The standard InChI is InChI=1S/C28H44O5/c1-6-17-15-21-22-10-8-18(7-9-20(25(30)32-4)26(31)33-5)27(22,2)14-12-23(21)28(3)13-11-19(29)16-24(17)28/h17-18,20-24H,6-16H2,1-5H3. The second-order valence-electron chi connectivity index (χ2n) is 12.1. The second kappa shape index (κ2) is 9.34. The van der Waals surface area contributed by atoms with Gasteiger partial charge in [0.2, 0.25) is 0 Å². The molecule has 4 rings (SSSR count). The molecular weight excluding hydrogens is 416 g/mol. The van der Waals surface area contributed by atoms with Crippen LogP contribution in [0.4, 0.5) is 0 Å². The van der Waals surface area contributed by atoms with Gasteiger partial charge in [0, 0.05) is 12.8 Å². The van der Waals surface area contributed by atoms with Gasteiger partial charge >= 0.3 is 11.9 Å². The number of methoxy groups -OCH3 is 2. The summed E-state index contributed by atoms with van der Waals surface area (Å²) in [7, 11) is 2.68. The molecule has 0 aromatic carbocycles. The van der Waals surface area contributed by atoms with Crippen LogP contribution in [0.25, 0.3) is 0 Å². The second-order valence-corrected chi connectivity index (χ2v) is 12.1. The van der Waals surface area contributed by atoms with E-state index in [9.17, 15) is 14.4 Å². The van der Waals surface area contributed by atoms with Crippen molar-refractivity contribution in [1.29, 1.82) is 0 Å². The SMILES string of the molecule is CCC1CC2C3CCC(CCC(C(=O)OC)C(=O)OC)C3(C)CCC2C2(C)CCC(=O)CC12. The van der Waals surface area contributed by atoms with E-state index >= 15 is 0 Å². The molecule has 0 radical (unpaired) electrons. The van der Waals surface area contributed by atoms with E-state index < -0.39 is 17.9 Å². The molecule has 4 aliphatic rings. The van der Waals surface area contributed by atoms with Gasteiger partial charge in [-0.15, -0.1) is 0 Å². The number of carbonyl (C=O) groups excluding carboxylic acids is 3. The van der Waals surface area contributed by atoms with Crippen molar-refractivity contribution in [3.63, 3.8) is 0 Å². The number of Topliss-reactive ketones (excluding diaryl/α,β-unsaturated/α-hetero) is 1. The van der Waals surface area contributed by atoms with E-state index in [1.807, 2.05) is 0 Å². The highest BCUT2D eigenvalue weighted by molar-refractivity contribution is 5.94. The van der Waals surface area contributed by atoms with Crippen molar-refractivity contribution in [2.24, 2.45) is 52.3 Å². The fourth-order valence-corrected chi connectivity index (χ4v) is 9.31. The van der Waals surface area contributed by atoms with E-state index in [0.717, 1.165) is 43.4 Å². The minimum absolute atomic E-state index is 0.282. The molecule has 5 heteroatoms. The number of rotatable bonds is 6. The predicted molar refractivity (Wildman–Crippen MR) is 126 cm³/mol. The van der Waals surface area contributed by atoms with Crippen LogP contribution in [0.2, 0.25) is 0 Å². The van der Waals surface area contributed by atoms with Gasteiger partial charge in [-0.2, -0.15) is 0 Å². The Hall–Kier alpha value is -1.39. The fourth-order valence-electron chi connectivity index (χ4n) is 9.31. The summed E-state index contributed by atoms with van der Waals surface area (Å²) in [5, 5.41) is 0. The molecule has 4 aliphatic carbocycles. The summed E-state index contributed by atoms with van der Waals surface area (Å²) in [5.74, 6) is 2.73. The first kappa shape index (κ1) is 24.7. The Balaban J connectivity index is 1.51. The lowest BCUT2D eigenvalue weighted by Gasteiger charge is -2.62. The Labute approximate surface area is 199 Å². The van der Waals surface area contributed by atoms with Crippen molar-refractivity contribution >= 4 is 17.7 Å². The van der Waals surface area contributed by atoms with Gasteiger partial charge in [-0.3, -0.25) is 14.4 Å². The van der Waals surface area contributed by atoms with E-state index in [1.165, 1.54) is 52.7 Å². The van der Waals surface area contributed by atoms with Crippen molar-refractivity contribution in [2.45, 2.75) is 91.4 Å². The van der Waals surface area contributed by atoms with Crippen LogP contribution in [-0.2, 0) is 23.9 Å². The third-order valence-corrected chi connectivity index (χ3v) is 11.2. The van der Waals surface area contributed by atoms with Crippen LogP contribution in [0.5, 0.6) is 0 Å². The number of hydrogen-bond acceptors (Lipinski definition) is 5. The van der Waals surface area contributed by atoms with Crippen molar-refractivity contribution in [3.8, 4) is 0 Å². The van der Waals surface area contributed by atoms with Crippen LogP contribution < -0.4 is 0 Å². The Morgan fingerprint density at radius 3 is 2.27 bits per heavy atom. The van der Waals surface area contributed by atoms with Gasteiger partial charge < -0.3 is 9.47 Å². The first-order valence-corrected chi connectivity index (χ1v) is 13.4. The summed E-state index contributed by atoms with van der Waals surface area (Å²) in [6, 6.07) is 0. The van der Waals surface area contributed by atoms with Gasteiger partial charge in [0.05, 0.1) is 14.2 Å². The van der Waals surface area contributed by atoms with E-state index in [2.05, 4.69) is 20.8 Å². The highest BCUT2D eigenvalue weighted by Crippen LogP contribution is 2.69. The molecule has 0 amide bonds. The van der Waals surface area contributed by atoms with Gasteiger partial charge in [-0.05, 0) is 97.7 Å². The Morgan fingerprint density at radius 1 is 0.970 bits per heavy atom. The third kappa shape index (κ3) is 4.05. The molecule has 8 unspecified atom stereocenters. The highest BCUT2D eigenvalue weighted by Gasteiger charge is 2.61. The Bertz CT molecular complexity index is 760. The first-order valence-electron chi connectivity index (χ1n) is 13.4. The molecular formula is C28H44O5. The van der Waals surface area contributed by atoms with Crippen molar-refractivity contribution < 1.29 is 23.9 Å². The zero-order valence-electron chi connectivity index (χ0n) is 21.4. The number of esters is 2. The van der Waals surface area contributed by atoms with E-state index in [0.29, 0.717) is 35.4 Å². The van der Waals surface area contributed by atoms with Gasteiger partial charge in [-0.1, -0.05) is 27.2 Å². The molecule has 8 atom stereocenters. The van der Waals surface area contributed by atoms with E-state index in [-0.39, 0.29) is 5.41 Å². The molecule has 0 spiro atoms. The molecule has 33 heavy (non-hydrogen) atoms. The molecule has 186 valence electrons. The van der Waals surface area contributed by atoms with Crippen LogP contribution in [0.1, 0.15) is 91.4 Å². The Morgan fingerprint density at radius 2 is 1.64 bits per heavy atom. The van der Waals surface area contributed by atoms with Gasteiger partial charge in [0.15, 0.2) is 5.92 Å². The predicted octanol–water partition coefficient (Wildman–Crippen LogP) is 5.59. The molecule has 0 aliphatic heterocycles. The van der Waals surface area contributed by atoms with Crippen LogP contribution in [0.15, 0.2) is 0 Å². The van der Waals surface area contributed by atoms with Gasteiger partial charge in [-0.25, -0.2) is 0 Å². The van der Waals surface area contributed by atoms with Crippen LogP contribution in [-0.4, -0.2) is 31.9 Å². The van der Waals surface area contributed by atoms with E-state index in [4.69, 9.17) is 9.47 Å². The first-order chi connectivity index (χ1) is 15.7. The van der Waals surface area contributed by atoms with E-state index in [1.54, 1.807) is 0 Å². The van der Waals surface area contributed by atoms with Crippen molar-refractivity contribution in [1.82, 2.24) is 0 Å². The monoisotopic (exact) mass is 460 g/mol. The number of carbonyl (C=O) groups is 3. The van der Waals surface area contributed by atoms with Crippen molar-refractivity contribution in [2.75, 3.05) is 14.2 Å². The molecule has 0 aromatic heterocycles. The molecule has 0 N–H and O–H groups in total. The summed E-state index contributed by atoms with van der Waals surface area (Å²) in [6.07, 6.45) is 11.5. The molecule has 4 saturated carbocycles. The number of ether oxygens (including phenoxy) is 2. The maximum absolute atomic E-state index is 12.4. The average Bonchev–Trinajstić information content (AvgIpc) is 3.15. The molecule has 0 saturated heterocycles. The van der Waals surface area contributed by atoms with Crippen LogP contribution >= 0.6 is 0 Å². The zero-order valence-corrected chi connectivity index (χ0v) is 21.4. The Kier molecular flexibility index (Phi) is 7.00. The lowest BCUT2D eigenvalue weighted by molar-refractivity contribution is -0.159.